The lowest BCUT2D eigenvalue weighted by atomic mass is 9.97. The molecule has 1 saturated heterocycles. The molecule has 0 aliphatic carbocycles. The van der Waals surface area contributed by atoms with Crippen LogP contribution in [0, 0.1) is 5.92 Å². The first-order valence-electron chi connectivity index (χ1n) is 11.2. The fourth-order valence-electron chi connectivity index (χ4n) is 4.22. The van der Waals surface area contributed by atoms with Crippen molar-refractivity contribution >= 4 is 11.8 Å². The summed E-state index contributed by atoms with van der Waals surface area (Å²) in [7, 11) is 0. The second-order valence-electron chi connectivity index (χ2n) is 8.70. The van der Waals surface area contributed by atoms with Gasteiger partial charge in [0.1, 0.15) is 30.0 Å². The van der Waals surface area contributed by atoms with E-state index in [9.17, 15) is 5.11 Å². The highest BCUT2D eigenvalue weighted by Crippen LogP contribution is 2.42. The average molecular weight is 428 g/mol. The van der Waals surface area contributed by atoms with Gasteiger partial charge in [-0.25, -0.2) is 0 Å². The van der Waals surface area contributed by atoms with Crippen LogP contribution in [0.5, 0.6) is 17.2 Å². The molecule has 5 heteroatoms. The van der Waals surface area contributed by atoms with Gasteiger partial charge in [0.05, 0.1) is 4.90 Å². The summed E-state index contributed by atoms with van der Waals surface area (Å²) in [6, 6.07) is 14.0. The molecule has 0 bridgehead atoms. The van der Waals surface area contributed by atoms with E-state index in [4.69, 9.17) is 9.47 Å². The summed E-state index contributed by atoms with van der Waals surface area (Å²) in [5.74, 6) is 3.71. The molecule has 162 valence electrons. The van der Waals surface area contributed by atoms with Crippen LogP contribution in [0.1, 0.15) is 51.2 Å². The van der Waals surface area contributed by atoms with Crippen LogP contribution in [0.3, 0.4) is 0 Å². The van der Waals surface area contributed by atoms with Gasteiger partial charge in [0.25, 0.3) is 0 Å². The van der Waals surface area contributed by atoms with E-state index in [-0.39, 0.29) is 11.9 Å². The quantitative estimate of drug-likeness (QED) is 0.644. The van der Waals surface area contributed by atoms with Gasteiger partial charge in [-0.1, -0.05) is 31.9 Å². The molecule has 2 aliphatic rings. The molecule has 0 radical (unpaired) electrons. The molecule has 0 spiro atoms. The number of likely N-dealkylation sites (tertiary alicyclic amines) is 1. The minimum absolute atomic E-state index is 0.0167. The van der Waals surface area contributed by atoms with E-state index in [1.807, 2.05) is 6.07 Å². The molecule has 1 fully saturated rings. The Balaban J connectivity index is 1.30. The molecule has 2 heterocycles. The zero-order valence-corrected chi connectivity index (χ0v) is 18.9. The van der Waals surface area contributed by atoms with Crippen LogP contribution < -0.4 is 9.47 Å². The molecular weight excluding hydrogens is 394 g/mol. The third kappa shape index (κ3) is 5.44. The SMILES string of the molecule is CC1CCCCN(C(C)COc2ccc([C@H]3CSc4cc(O)ccc4O3)cc2)CC1. The van der Waals surface area contributed by atoms with Crippen molar-refractivity contribution < 1.29 is 14.6 Å². The number of ether oxygens (including phenoxy) is 2. The first-order valence-corrected chi connectivity index (χ1v) is 12.2. The number of aromatic hydroxyl groups is 1. The Bertz CT molecular complexity index is 826. The van der Waals surface area contributed by atoms with Crippen molar-refractivity contribution in [3.05, 3.63) is 48.0 Å². The molecule has 30 heavy (non-hydrogen) atoms. The Morgan fingerprint density at radius 1 is 1.13 bits per heavy atom. The summed E-state index contributed by atoms with van der Waals surface area (Å²) in [6.45, 7) is 7.75. The van der Waals surface area contributed by atoms with Crippen molar-refractivity contribution in [2.24, 2.45) is 5.92 Å². The van der Waals surface area contributed by atoms with Crippen LogP contribution in [0.25, 0.3) is 0 Å². The fraction of sp³-hybridized carbons (Fsp3) is 0.520. The molecule has 4 rings (SSSR count). The summed E-state index contributed by atoms with van der Waals surface area (Å²) in [5, 5.41) is 9.63. The molecule has 0 saturated carbocycles. The maximum absolute atomic E-state index is 9.63. The molecule has 2 aliphatic heterocycles. The molecule has 2 aromatic carbocycles. The number of fused-ring (bicyclic) bond motifs is 1. The van der Waals surface area contributed by atoms with Crippen LogP contribution in [0.15, 0.2) is 47.4 Å². The van der Waals surface area contributed by atoms with Crippen LogP contribution in [0.2, 0.25) is 0 Å². The maximum Gasteiger partial charge on any atom is 0.134 e. The third-order valence-corrected chi connectivity index (χ3v) is 7.35. The van der Waals surface area contributed by atoms with Gasteiger partial charge in [-0.2, -0.15) is 0 Å². The van der Waals surface area contributed by atoms with Gasteiger partial charge in [-0.05, 0) is 74.7 Å². The average Bonchev–Trinajstić information content (AvgIpc) is 2.75. The highest BCUT2D eigenvalue weighted by atomic mass is 32.2. The lowest BCUT2D eigenvalue weighted by molar-refractivity contribution is 0.128. The zero-order chi connectivity index (χ0) is 20.9. The number of thioether (sulfide) groups is 1. The van der Waals surface area contributed by atoms with E-state index in [0.29, 0.717) is 6.04 Å². The highest BCUT2D eigenvalue weighted by Gasteiger charge is 2.22. The number of hydrogen-bond donors (Lipinski definition) is 1. The Hall–Kier alpha value is -1.85. The van der Waals surface area contributed by atoms with Gasteiger partial charge in [-0.15, -0.1) is 11.8 Å². The lowest BCUT2D eigenvalue weighted by Gasteiger charge is -2.32. The molecule has 0 amide bonds. The van der Waals surface area contributed by atoms with Crippen LogP contribution in [0.4, 0.5) is 0 Å². The first-order chi connectivity index (χ1) is 14.6. The van der Waals surface area contributed by atoms with Crippen molar-refractivity contribution in [1.29, 1.82) is 0 Å². The molecule has 2 aromatic rings. The van der Waals surface area contributed by atoms with Crippen molar-refractivity contribution in [2.45, 2.75) is 56.6 Å². The molecule has 3 atom stereocenters. The smallest absolute Gasteiger partial charge is 0.134 e. The molecule has 4 nitrogen and oxygen atoms in total. The van der Waals surface area contributed by atoms with Gasteiger partial charge in [-0.3, -0.25) is 4.90 Å². The monoisotopic (exact) mass is 427 g/mol. The molecular formula is C25H33NO3S. The Morgan fingerprint density at radius 3 is 2.80 bits per heavy atom. The van der Waals surface area contributed by atoms with E-state index in [1.54, 1.807) is 23.9 Å². The predicted molar refractivity (Wildman–Crippen MR) is 123 cm³/mol. The maximum atomic E-state index is 9.63. The summed E-state index contributed by atoms with van der Waals surface area (Å²) >= 11 is 1.72. The van der Waals surface area contributed by atoms with E-state index < -0.39 is 0 Å². The van der Waals surface area contributed by atoms with Gasteiger partial charge in [0, 0.05) is 11.8 Å². The number of nitrogens with zero attached hydrogens (tertiary/aromatic N) is 1. The van der Waals surface area contributed by atoms with Crippen molar-refractivity contribution in [3.63, 3.8) is 0 Å². The number of hydrogen-bond acceptors (Lipinski definition) is 5. The second kappa shape index (κ2) is 9.97. The van der Waals surface area contributed by atoms with Crippen molar-refractivity contribution in [1.82, 2.24) is 4.90 Å². The fourth-order valence-corrected chi connectivity index (χ4v) is 5.27. The number of phenols is 1. The summed E-state index contributed by atoms with van der Waals surface area (Å²) in [4.78, 5) is 3.59. The van der Waals surface area contributed by atoms with Crippen LogP contribution in [-0.2, 0) is 0 Å². The summed E-state index contributed by atoms with van der Waals surface area (Å²) < 4.78 is 12.3. The molecule has 2 unspecified atom stereocenters. The van der Waals surface area contributed by atoms with Gasteiger partial charge < -0.3 is 14.6 Å². The minimum atomic E-state index is 0.0167. The highest BCUT2D eigenvalue weighted by molar-refractivity contribution is 7.99. The van der Waals surface area contributed by atoms with E-state index in [0.717, 1.165) is 40.2 Å². The minimum Gasteiger partial charge on any atom is -0.508 e. The lowest BCUT2D eigenvalue weighted by Crippen LogP contribution is -2.40. The Kier molecular flexibility index (Phi) is 7.11. The van der Waals surface area contributed by atoms with Gasteiger partial charge in [0.15, 0.2) is 0 Å². The first kappa shape index (κ1) is 21.4. The zero-order valence-electron chi connectivity index (χ0n) is 18.0. The number of benzene rings is 2. The van der Waals surface area contributed by atoms with E-state index in [2.05, 4.69) is 43.0 Å². The summed E-state index contributed by atoms with van der Waals surface area (Å²) in [6.07, 6.45) is 5.33. The molecule has 0 aromatic heterocycles. The standard InChI is InChI=1S/C25H33NO3S/c1-18-5-3-4-13-26(14-12-18)19(2)16-28-22-9-6-20(7-10-22)24-17-30-25-15-21(27)8-11-23(25)29-24/h6-11,15,18-19,24,27H,3-5,12-14,16-17H2,1-2H3/t18?,19?,24-/m1/s1. The largest absolute Gasteiger partial charge is 0.508 e. The van der Waals surface area contributed by atoms with Gasteiger partial charge in [0.2, 0.25) is 0 Å². The van der Waals surface area contributed by atoms with Crippen LogP contribution in [-0.4, -0.2) is 41.5 Å². The number of rotatable bonds is 5. The Morgan fingerprint density at radius 2 is 1.97 bits per heavy atom. The normalized spacial score (nSPS) is 23.5. The number of phenolic OH excluding ortho intramolecular Hbond substituents is 1. The second-order valence-corrected chi connectivity index (χ2v) is 9.77. The van der Waals surface area contributed by atoms with Crippen molar-refractivity contribution in [2.75, 3.05) is 25.4 Å². The molecule has 1 N–H and O–H groups in total. The van der Waals surface area contributed by atoms with Gasteiger partial charge >= 0.3 is 0 Å². The van der Waals surface area contributed by atoms with Crippen LogP contribution >= 0.6 is 11.8 Å². The topological polar surface area (TPSA) is 41.9 Å². The third-order valence-electron chi connectivity index (χ3n) is 6.25. The summed E-state index contributed by atoms with van der Waals surface area (Å²) in [5.41, 5.74) is 1.15. The van der Waals surface area contributed by atoms with E-state index in [1.165, 1.54) is 38.8 Å². The van der Waals surface area contributed by atoms with Crippen molar-refractivity contribution in [3.8, 4) is 17.2 Å². The van der Waals surface area contributed by atoms with E-state index >= 15 is 0 Å². The Labute approximate surface area is 184 Å². The predicted octanol–water partition coefficient (Wildman–Crippen LogP) is 5.90.